The summed E-state index contributed by atoms with van der Waals surface area (Å²) in [5.74, 6) is 0. The Labute approximate surface area is 101 Å². The average molecular weight is 230 g/mol. The van der Waals surface area contributed by atoms with Gasteiger partial charge in [0, 0.05) is 24.0 Å². The van der Waals surface area contributed by atoms with Crippen LogP contribution in [0, 0.1) is 0 Å². The highest BCUT2D eigenvalue weighted by atomic mass is 15.3. The first kappa shape index (κ1) is 11.8. The zero-order valence-electron chi connectivity index (χ0n) is 10.1. The highest BCUT2D eigenvalue weighted by Crippen LogP contribution is 2.14. The molecule has 0 amide bonds. The van der Waals surface area contributed by atoms with E-state index >= 15 is 0 Å². The highest BCUT2D eigenvalue weighted by molar-refractivity contribution is 5.56. The Bertz CT molecular complexity index is 449. The molecule has 2 rings (SSSR count). The molecule has 0 spiro atoms. The molecule has 2 aromatic heterocycles. The van der Waals surface area contributed by atoms with Gasteiger partial charge in [-0.05, 0) is 18.6 Å². The highest BCUT2D eigenvalue weighted by Gasteiger charge is 2.05. The molecule has 0 radical (unpaired) electrons. The van der Waals surface area contributed by atoms with E-state index in [2.05, 4.69) is 17.0 Å². The van der Waals surface area contributed by atoms with E-state index in [0.29, 0.717) is 0 Å². The van der Waals surface area contributed by atoms with Gasteiger partial charge in [0.05, 0.1) is 18.4 Å². The Morgan fingerprint density at radius 1 is 1.41 bits per heavy atom. The molecule has 4 heteroatoms. The van der Waals surface area contributed by atoms with E-state index in [1.807, 2.05) is 35.3 Å². The van der Waals surface area contributed by atoms with E-state index in [4.69, 9.17) is 5.73 Å². The van der Waals surface area contributed by atoms with Crippen molar-refractivity contribution in [2.45, 2.75) is 32.4 Å². The van der Waals surface area contributed by atoms with Gasteiger partial charge in [0.25, 0.3) is 0 Å². The zero-order chi connectivity index (χ0) is 12.1. The first-order valence-electron chi connectivity index (χ1n) is 5.99. The summed E-state index contributed by atoms with van der Waals surface area (Å²) in [6.45, 7) is 2.91. The summed E-state index contributed by atoms with van der Waals surface area (Å²) in [7, 11) is 0. The number of hydrogen-bond donors (Lipinski definition) is 1. The first-order chi connectivity index (χ1) is 8.29. The number of rotatable bonds is 5. The lowest BCUT2D eigenvalue weighted by Gasteiger charge is -2.09. The number of nitrogens with two attached hydrogens (primary N) is 1. The molecule has 0 saturated carbocycles. The minimum atomic E-state index is 0.177. The SMILES string of the molecule is CCCC(N)Cn1cc(-c2ccccn2)cn1. The number of nitrogens with zero attached hydrogens (tertiary/aromatic N) is 3. The van der Waals surface area contributed by atoms with Gasteiger partial charge in [-0.1, -0.05) is 19.4 Å². The third kappa shape index (κ3) is 3.14. The van der Waals surface area contributed by atoms with E-state index in [0.717, 1.165) is 30.6 Å². The van der Waals surface area contributed by atoms with Gasteiger partial charge in [-0.2, -0.15) is 5.10 Å². The van der Waals surface area contributed by atoms with Crippen LogP contribution >= 0.6 is 0 Å². The van der Waals surface area contributed by atoms with Crippen molar-refractivity contribution in [3.05, 3.63) is 36.8 Å². The maximum atomic E-state index is 5.99. The standard InChI is InChI=1S/C13H18N4/c1-2-5-12(14)10-17-9-11(8-16-17)13-6-3-4-7-15-13/h3-4,6-9,12H,2,5,10,14H2,1H3. The van der Waals surface area contributed by atoms with Gasteiger partial charge in [0.1, 0.15) is 0 Å². The molecule has 2 heterocycles. The Balaban J connectivity index is 2.06. The summed E-state index contributed by atoms with van der Waals surface area (Å²) in [4.78, 5) is 4.29. The monoisotopic (exact) mass is 230 g/mol. The van der Waals surface area contributed by atoms with E-state index < -0.39 is 0 Å². The van der Waals surface area contributed by atoms with Crippen LogP contribution in [0.3, 0.4) is 0 Å². The van der Waals surface area contributed by atoms with E-state index in [1.165, 1.54) is 0 Å². The largest absolute Gasteiger partial charge is 0.326 e. The average Bonchev–Trinajstić information content (AvgIpc) is 2.79. The quantitative estimate of drug-likeness (QED) is 0.855. The van der Waals surface area contributed by atoms with Gasteiger partial charge in [-0.3, -0.25) is 9.67 Å². The smallest absolute Gasteiger partial charge is 0.0733 e. The van der Waals surface area contributed by atoms with Crippen LogP contribution in [0.25, 0.3) is 11.3 Å². The van der Waals surface area contributed by atoms with Crippen LogP contribution in [0.2, 0.25) is 0 Å². The fraction of sp³-hybridized carbons (Fsp3) is 0.385. The number of pyridine rings is 1. The van der Waals surface area contributed by atoms with Gasteiger partial charge < -0.3 is 5.73 Å². The lowest BCUT2D eigenvalue weighted by molar-refractivity contribution is 0.482. The van der Waals surface area contributed by atoms with E-state index in [-0.39, 0.29) is 6.04 Å². The van der Waals surface area contributed by atoms with Gasteiger partial charge in [-0.15, -0.1) is 0 Å². The second-order valence-corrected chi connectivity index (χ2v) is 4.21. The van der Waals surface area contributed by atoms with Crippen LogP contribution in [-0.2, 0) is 6.54 Å². The normalized spacial score (nSPS) is 12.6. The molecule has 1 unspecified atom stereocenters. The molecule has 4 nitrogen and oxygen atoms in total. The summed E-state index contributed by atoms with van der Waals surface area (Å²) in [5, 5.41) is 4.31. The minimum Gasteiger partial charge on any atom is -0.326 e. The van der Waals surface area contributed by atoms with Gasteiger partial charge >= 0.3 is 0 Å². The minimum absolute atomic E-state index is 0.177. The van der Waals surface area contributed by atoms with Gasteiger partial charge in [0.15, 0.2) is 0 Å². The maximum absolute atomic E-state index is 5.99. The van der Waals surface area contributed by atoms with Crippen molar-refractivity contribution in [3.8, 4) is 11.3 Å². The van der Waals surface area contributed by atoms with E-state index in [9.17, 15) is 0 Å². The summed E-state index contributed by atoms with van der Waals surface area (Å²) in [6.07, 6.45) is 7.75. The molecule has 2 N–H and O–H groups in total. The molecular formula is C13H18N4. The van der Waals surface area contributed by atoms with Crippen LogP contribution in [0.15, 0.2) is 36.8 Å². The molecule has 0 bridgehead atoms. The van der Waals surface area contributed by atoms with Crippen LogP contribution in [0.4, 0.5) is 0 Å². The maximum Gasteiger partial charge on any atom is 0.0733 e. The fourth-order valence-electron chi connectivity index (χ4n) is 1.83. The summed E-state index contributed by atoms with van der Waals surface area (Å²) in [5.41, 5.74) is 7.97. The molecule has 17 heavy (non-hydrogen) atoms. The van der Waals surface area contributed by atoms with Crippen molar-refractivity contribution < 1.29 is 0 Å². The zero-order valence-corrected chi connectivity index (χ0v) is 10.1. The molecule has 0 aliphatic rings. The second kappa shape index (κ2) is 5.59. The van der Waals surface area contributed by atoms with Gasteiger partial charge in [0.2, 0.25) is 0 Å². The third-order valence-electron chi connectivity index (χ3n) is 2.67. The van der Waals surface area contributed by atoms with Crippen LogP contribution in [-0.4, -0.2) is 20.8 Å². The fourth-order valence-corrected chi connectivity index (χ4v) is 1.83. The third-order valence-corrected chi connectivity index (χ3v) is 2.67. The first-order valence-corrected chi connectivity index (χ1v) is 5.99. The van der Waals surface area contributed by atoms with E-state index in [1.54, 1.807) is 6.20 Å². The molecular weight excluding hydrogens is 212 g/mol. The lowest BCUT2D eigenvalue weighted by atomic mass is 10.2. The van der Waals surface area contributed by atoms with Crippen LogP contribution in [0.5, 0.6) is 0 Å². The van der Waals surface area contributed by atoms with Crippen molar-refractivity contribution in [2.24, 2.45) is 5.73 Å². The topological polar surface area (TPSA) is 56.7 Å². The van der Waals surface area contributed by atoms with Crippen LogP contribution < -0.4 is 5.73 Å². The molecule has 0 aliphatic heterocycles. The Kier molecular flexibility index (Phi) is 3.88. The Morgan fingerprint density at radius 2 is 2.29 bits per heavy atom. The Morgan fingerprint density at radius 3 is 3.00 bits per heavy atom. The van der Waals surface area contributed by atoms with Crippen molar-refractivity contribution in [1.82, 2.24) is 14.8 Å². The summed E-state index contributed by atoms with van der Waals surface area (Å²) in [6, 6.07) is 6.04. The number of aromatic nitrogens is 3. The predicted octanol–water partition coefficient (Wildman–Crippen LogP) is 2.07. The van der Waals surface area contributed by atoms with Crippen molar-refractivity contribution in [3.63, 3.8) is 0 Å². The Hall–Kier alpha value is -1.68. The molecule has 0 aliphatic carbocycles. The summed E-state index contributed by atoms with van der Waals surface area (Å²) < 4.78 is 1.89. The second-order valence-electron chi connectivity index (χ2n) is 4.21. The van der Waals surface area contributed by atoms with Crippen molar-refractivity contribution in [2.75, 3.05) is 0 Å². The molecule has 1 atom stereocenters. The predicted molar refractivity (Wildman–Crippen MR) is 68.3 cm³/mol. The van der Waals surface area contributed by atoms with Gasteiger partial charge in [-0.25, -0.2) is 0 Å². The number of hydrogen-bond acceptors (Lipinski definition) is 3. The van der Waals surface area contributed by atoms with Crippen LogP contribution in [0.1, 0.15) is 19.8 Å². The van der Waals surface area contributed by atoms with Crippen molar-refractivity contribution >= 4 is 0 Å². The molecule has 0 aromatic carbocycles. The molecule has 0 saturated heterocycles. The lowest BCUT2D eigenvalue weighted by Crippen LogP contribution is -2.26. The molecule has 0 fully saturated rings. The molecule has 90 valence electrons. The molecule has 2 aromatic rings. The van der Waals surface area contributed by atoms with Crippen molar-refractivity contribution in [1.29, 1.82) is 0 Å². The summed E-state index contributed by atoms with van der Waals surface area (Å²) >= 11 is 0.